The minimum Gasteiger partial charge on any atom is -0.496 e. The Morgan fingerprint density at radius 1 is 1.24 bits per heavy atom. The van der Waals surface area contributed by atoms with Crippen LogP contribution in [0.2, 0.25) is 0 Å². The summed E-state index contributed by atoms with van der Waals surface area (Å²) in [6.07, 6.45) is 0.816. The van der Waals surface area contributed by atoms with Crippen molar-refractivity contribution in [3.8, 4) is 5.75 Å². The van der Waals surface area contributed by atoms with E-state index in [1.54, 1.807) is 26.2 Å². The summed E-state index contributed by atoms with van der Waals surface area (Å²) in [7, 11) is 1.60. The molecule has 0 spiro atoms. The zero-order valence-corrected chi connectivity index (χ0v) is 12.2. The van der Waals surface area contributed by atoms with E-state index in [4.69, 9.17) is 4.74 Å². The average molecular weight is 287 g/mol. The molecule has 0 aliphatic heterocycles. The van der Waals surface area contributed by atoms with Gasteiger partial charge < -0.3 is 10.1 Å². The van der Waals surface area contributed by atoms with Gasteiger partial charge in [-0.25, -0.2) is 4.39 Å². The lowest BCUT2D eigenvalue weighted by Gasteiger charge is -2.09. The molecule has 1 amide bonds. The molecular weight excluding hydrogens is 269 g/mol. The zero-order chi connectivity index (χ0) is 15.2. The highest BCUT2D eigenvalue weighted by Gasteiger charge is 2.09. The summed E-state index contributed by atoms with van der Waals surface area (Å²) in [5.74, 6) is 0.121. The quantitative estimate of drug-likeness (QED) is 0.910. The number of amides is 1. The van der Waals surface area contributed by atoms with Crippen LogP contribution < -0.4 is 10.1 Å². The molecular formula is C17H18FNO2. The highest BCUT2D eigenvalue weighted by Crippen LogP contribution is 2.20. The number of halogens is 1. The second-order valence-corrected chi connectivity index (χ2v) is 4.84. The summed E-state index contributed by atoms with van der Waals surface area (Å²) in [5, 5.41) is 2.59. The van der Waals surface area contributed by atoms with E-state index in [0.29, 0.717) is 6.42 Å². The van der Waals surface area contributed by atoms with Crippen molar-refractivity contribution in [1.82, 2.24) is 0 Å². The van der Waals surface area contributed by atoms with Crippen LogP contribution in [0.4, 0.5) is 10.1 Å². The predicted octanol–water partition coefficient (Wildman–Crippen LogP) is 3.71. The maximum atomic E-state index is 13.7. The van der Waals surface area contributed by atoms with Crippen molar-refractivity contribution in [2.75, 3.05) is 12.4 Å². The molecule has 0 unspecified atom stereocenters. The number of carbonyl (C=O) groups is 1. The molecule has 0 bridgehead atoms. The van der Waals surface area contributed by atoms with E-state index >= 15 is 0 Å². The molecule has 2 aromatic carbocycles. The summed E-state index contributed by atoms with van der Waals surface area (Å²) in [4.78, 5) is 11.9. The smallest absolute Gasteiger partial charge is 0.224 e. The predicted molar refractivity (Wildman–Crippen MR) is 81.1 cm³/mol. The maximum absolute atomic E-state index is 13.7. The summed E-state index contributed by atoms with van der Waals surface area (Å²) in [5.41, 5.74) is 1.99. The number of benzene rings is 2. The highest BCUT2D eigenvalue weighted by molar-refractivity contribution is 5.91. The van der Waals surface area contributed by atoms with Crippen molar-refractivity contribution in [2.24, 2.45) is 0 Å². The summed E-state index contributed by atoms with van der Waals surface area (Å²) in [6.45, 7) is 1.80. The van der Waals surface area contributed by atoms with Crippen molar-refractivity contribution >= 4 is 11.6 Å². The SMILES string of the molecule is COc1ccccc1CCC(=O)Nc1ccc(C)cc1F. The molecule has 4 heteroatoms. The van der Waals surface area contributed by atoms with E-state index < -0.39 is 5.82 Å². The Hall–Kier alpha value is -2.36. The number of methoxy groups -OCH3 is 1. The van der Waals surface area contributed by atoms with Gasteiger partial charge >= 0.3 is 0 Å². The minimum atomic E-state index is -0.416. The number of anilines is 1. The van der Waals surface area contributed by atoms with Gasteiger partial charge in [0, 0.05) is 6.42 Å². The molecule has 0 heterocycles. The Morgan fingerprint density at radius 2 is 2.00 bits per heavy atom. The number of ether oxygens (including phenoxy) is 1. The normalized spacial score (nSPS) is 10.2. The molecule has 2 aromatic rings. The van der Waals surface area contributed by atoms with E-state index in [2.05, 4.69) is 5.32 Å². The van der Waals surface area contributed by atoms with Crippen LogP contribution in [-0.2, 0) is 11.2 Å². The lowest BCUT2D eigenvalue weighted by molar-refractivity contribution is -0.116. The van der Waals surface area contributed by atoms with E-state index in [0.717, 1.165) is 16.9 Å². The highest BCUT2D eigenvalue weighted by atomic mass is 19.1. The van der Waals surface area contributed by atoms with Gasteiger partial charge in [-0.3, -0.25) is 4.79 Å². The second-order valence-electron chi connectivity index (χ2n) is 4.84. The first-order chi connectivity index (χ1) is 10.1. The summed E-state index contributed by atoms with van der Waals surface area (Å²) >= 11 is 0. The molecule has 0 atom stereocenters. The Morgan fingerprint density at radius 3 is 2.71 bits per heavy atom. The first-order valence-corrected chi connectivity index (χ1v) is 6.78. The lowest BCUT2D eigenvalue weighted by Crippen LogP contribution is -2.13. The molecule has 0 aliphatic rings. The number of nitrogens with one attached hydrogen (secondary N) is 1. The van der Waals surface area contributed by atoms with Gasteiger partial charge in [-0.2, -0.15) is 0 Å². The molecule has 0 aromatic heterocycles. The van der Waals surface area contributed by atoms with Gasteiger partial charge in [-0.15, -0.1) is 0 Å². The third kappa shape index (κ3) is 4.05. The fraction of sp³-hybridized carbons (Fsp3) is 0.235. The van der Waals surface area contributed by atoms with Gasteiger partial charge in [0.25, 0.3) is 0 Å². The molecule has 1 N–H and O–H groups in total. The number of aryl methyl sites for hydroxylation is 2. The van der Waals surface area contributed by atoms with Crippen LogP contribution in [0.3, 0.4) is 0 Å². The van der Waals surface area contributed by atoms with E-state index in [1.807, 2.05) is 24.3 Å². The number of hydrogen-bond acceptors (Lipinski definition) is 2. The van der Waals surface area contributed by atoms with Crippen molar-refractivity contribution in [3.63, 3.8) is 0 Å². The Labute approximate surface area is 123 Å². The molecule has 0 fully saturated rings. The van der Waals surface area contributed by atoms with Crippen molar-refractivity contribution in [3.05, 3.63) is 59.4 Å². The van der Waals surface area contributed by atoms with Crippen molar-refractivity contribution in [1.29, 1.82) is 0 Å². The average Bonchev–Trinajstić information content (AvgIpc) is 2.48. The summed E-state index contributed by atoms with van der Waals surface area (Å²) in [6, 6.07) is 12.3. The van der Waals surface area contributed by atoms with Crippen LogP contribution >= 0.6 is 0 Å². The van der Waals surface area contributed by atoms with Crippen LogP contribution in [-0.4, -0.2) is 13.0 Å². The fourth-order valence-electron chi connectivity index (χ4n) is 2.09. The Kier molecular flexibility index (Phi) is 4.93. The first-order valence-electron chi connectivity index (χ1n) is 6.78. The van der Waals surface area contributed by atoms with Crippen molar-refractivity contribution in [2.45, 2.75) is 19.8 Å². The standard InChI is InChI=1S/C17H18FNO2/c1-12-7-9-15(14(18)11-12)19-17(20)10-8-13-5-3-4-6-16(13)21-2/h3-7,9,11H,8,10H2,1-2H3,(H,19,20). The largest absolute Gasteiger partial charge is 0.496 e. The summed E-state index contributed by atoms with van der Waals surface area (Å²) < 4.78 is 18.9. The number of rotatable bonds is 5. The molecule has 0 saturated heterocycles. The molecule has 0 saturated carbocycles. The first kappa shape index (κ1) is 15.0. The van der Waals surface area contributed by atoms with Crippen LogP contribution in [0, 0.1) is 12.7 Å². The minimum absolute atomic E-state index is 0.214. The molecule has 21 heavy (non-hydrogen) atoms. The van der Waals surface area contributed by atoms with Crippen LogP contribution in [0.5, 0.6) is 5.75 Å². The van der Waals surface area contributed by atoms with Gasteiger partial charge in [0.2, 0.25) is 5.91 Å². The van der Waals surface area contributed by atoms with Gasteiger partial charge in [0.05, 0.1) is 12.8 Å². The topological polar surface area (TPSA) is 38.3 Å². The van der Waals surface area contributed by atoms with Gasteiger partial charge in [-0.05, 0) is 42.7 Å². The zero-order valence-electron chi connectivity index (χ0n) is 12.2. The molecule has 3 nitrogen and oxygen atoms in total. The van der Waals surface area contributed by atoms with Crippen LogP contribution in [0.25, 0.3) is 0 Å². The fourth-order valence-corrected chi connectivity index (χ4v) is 2.09. The van der Waals surface area contributed by atoms with Gasteiger partial charge in [-0.1, -0.05) is 24.3 Å². The maximum Gasteiger partial charge on any atom is 0.224 e. The molecule has 0 aliphatic carbocycles. The Bertz CT molecular complexity index is 640. The van der Waals surface area contributed by atoms with E-state index in [9.17, 15) is 9.18 Å². The lowest BCUT2D eigenvalue weighted by atomic mass is 10.1. The van der Waals surface area contributed by atoms with Gasteiger partial charge in [0.15, 0.2) is 0 Å². The number of hydrogen-bond donors (Lipinski definition) is 1. The Balaban J connectivity index is 1.96. The van der Waals surface area contributed by atoms with E-state index in [-0.39, 0.29) is 18.0 Å². The van der Waals surface area contributed by atoms with Crippen LogP contribution in [0.1, 0.15) is 17.5 Å². The van der Waals surface area contributed by atoms with E-state index in [1.165, 1.54) is 6.07 Å². The third-order valence-electron chi connectivity index (χ3n) is 3.21. The monoisotopic (exact) mass is 287 g/mol. The third-order valence-corrected chi connectivity index (χ3v) is 3.21. The number of para-hydroxylation sites is 1. The second kappa shape index (κ2) is 6.88. The van der Waals surface area contributed by atoms with Gasteiger partial charge in [0.1, 0.15) is 11.6 Å². The van der Waals surface area contributed by atoms with Crippen molar-refractivity contribution < 1.29 is 13.9 Å². The molecule has 0 radical (unpaired) electrons. The van der Waals surface area contributed by atoms with Crippen LogP contribution in [0.15, 0.2) is 42.5 Å². The molecule has 2 rings (SSSR count). The molecule has 110 valence electrons. The number of carbonyl (C=O) groups excluding carboxylic acids is 1.